The number of nitro benzene ring substituents is 1. The average Bonchev–Trinajstić information content (AvgIpc) is 2.49. The van der Waals surface area contributed by atoms with Crippen LogP contribution in [0.25, 0.3) is 0 Å². The van der Waals surface area contributed by atoms with Gasteiger partial charge in [-0.1, -0.05) is 12.1 Å². The van der Waals surface area contributed by atoms with Crippen molar-refractivity contribution in [2.75, 3.05) is 7.11 Å². The van der Waals surface area contributed by atoms with Crippen LogP contribution < -0.4 is 10.1 Å². The van der Waals surface area contributed by atoms with E-state index >= 15 is 0 Å². The Kier molecular flexibility index (Phi) is 4.84. The molecule has 0 amide bonds. The van der Waals surface area contributed by atoms with Crippen molar-refractivity contribution < 1.29 is 14.1 Å². The fourth-order valence-electron chi connectivity index (χ4n) is 1.92. The molecule has 5 nitrogen and oxygen atoms in total. The molecular formula is C15H15FN2O3. The van der Waals surface area contributed by atoms with Gasteiger partial charge in [-0.25, -0.2) is 4.39 Å². The molecule has 0 heterocycles. The van der Waals surface area contributed by atoms with Gasteiger partial charge in [-0.15, -0.1) is 0 Å². The molecule has 0 aromatic heterocycles. The summed E-state index contributed by atoms with van der Waals surface area (Å²) in [5.41, 5.74) is 1.69. The van der Waals surface area contributed by atoms with E-state index in [9.17, 15) is 14.5 Å². The van der Waals surface area contributed by atoms with Crippen LogP contribution >= 0.6 is 0 Å². The van der Waals surface area contributed by atoms with Crippen molar-refractivity contribution in [3.63, 3.8) is 0 Å². The normalized spacial score (nSPS) is 10.4. The summed E-state index contributed by atoms with van der Waals surface area (Å²) >= 11 is 0. The van der Waals surface area contributed by atoms with Gasteiger partial charge < -0.3 is 10.1 Å². The van der Waals surface area contributed by atoms with Crippen LogP contribution in [0.5, 0.6) is 5.75 Å². The Morgan fingerprint density at radius 2 is 1.81 bits per heavy atom. The van der Waals surface area contributed by atoms with Gasteiger partial charge in [0.05, 0.1) is 18.1 Å². The zero-order valence-electron chi connectivity index (χ0n) is 11.5. The standard InChI is InChI=1S/C15H15FN2O3/c1-21-15-7-12(6-14(8-15)18(19)20)10-17-9-11-2-4-13(16)5-3-11/h2-8,17H,9-10H2,1H3. The molecule has 0 saturated carbocycles. The predicted molar refractivity (Wildman–Crippen MR) is 76.6 cm³/mol. The lowest BCUT2D eigenvalue weighted by atomic mass is 10.1. The topological polar surface area (TPSA) is 64.4 Å². The third-order valence-electron chi connectivity index (χ3n) is 2.97. The number of rotatable bonds is 6. The molecule has 2 rings (SSSR count). The van der Waals surface area contributed by atoms with Crippen LogP contribution in [-0.4, -0.2) is 12.0 Å². The number of nitro groups is 1. The summed E-state index contributed by atoms with van der Waals surface area (Å²) in [6.45, 7) is 1.00. The molecule has 0 saturated heterocycles. The number of nitrogens with zero attached hydrogens (tertiary/aromatic N) is 1. The highest BCUT2D eigenvalue weighted by atomic mass is 19.1. The van der Waals surface area contributed by atoms with Crippen molar-refractivity contribution in [3.05, 3.63) is 69.5 Å². The quantitative estimate of drug-likeness (QED) is 0.656. The number of ether oxygens (including phenoxy) is 1. The van der Waals surface area contributed by atoms with E-state index in [0.29, 0.717) is 18.8 Å². The van der Waals surface area contributed by atoms with Crippen LogP contribution in [0.3, 0.4) is 0 Å². The van der Waals surface area contributed by atoms with E-state index in [1.54, 1.807) is 18.2 Å². The van der Waals surface area contributed by atoms with Gasteiger partial charge >= 0.3 is 0 Å². The van der Waals surface area contributed by atoms with E-state index in [1.165, 1.54) is 31.4 Å². The highest BCUT2D eigenvalue weighted by Crippen LogP contribution is 2.22. The van der Waals surface area contributed by atoms with Crippen molar-refractivity contribution in [3.8, 4) is 5.75 Å². The molecule has 6 heteroatoms. The third kappa shape index (κ3) is 4.25. The van der Waals surface area contributed by atoms with Crippen LogP contribution in [0.2, 0.25) is 0 Å². The van der Waals surface area contributed by atoms with Crippen LogP contribution in [0.15, 0.2) is 42.5 Å². The second-order valence-electron chi connectivity index (χ2n) is 4.53. The second kappa shape index (κ2) is 6.81. The first-order valence-corrected chi connectivity index (χ1v) is 6.36. The van der Waals surface area contributed by atoms with E-state index in [4.69, 9.17) is 4.74 Å². The SMILES string of the molecule is COc1cc(CNCc2ccc(F)cc2)cc([N+](=O)[O-])c1. The summed E-state index contributed by atoms with van der Waals surface area (Å²) in [4.78, 5) is 10.4. The first-order valence-electron chi connectivity index (χ1n) is 6.36. The molecule has 2 aromatic rings. The predicted octanol–water partition coefficient (Wildman–Crippen LogP) is 3.03. The van der Waals surface area contributed by atoms with Gasteiger partial charge in [0.2, 0.25) is 0 Å². The summed E-state index contributed by atoms with van der Waals surface area (Å²) in [6.07, 6.45) is 0. The third-order valence-corrected chi connectivity index (χ3v) is 2.97. The Morgan fingerprint density at radius 3 is 2.43 bits per heavy atom. The maximum Gasteiger partial charge on any atom is 0.273 e. The number of methoxy groups -OCH3 is 1. The van der Waals surface area contributed by atoms with E-state index < -0.39 is 4.92 Å². The Labute approximate surface area is 121 Å². The molecule has 21 heavy (non-hydrogen) atoms. The zero-order chi connectivity index (χ0) is 15.2. The smallest absolute Gasteiger partial charge is 0.273 e. The minimum atomic E-state index is -0.452. The van der Waals surface area contributed by atoms with Crippen LogP contribution in [0, 0.1) is 15.9 Å². The molecule has 0 aliphatic rings. The Bertz CT molecular complexity index is 629. The minimum absolute atomic E-state index is 0.00654. The van der Waals surface area contributed by atoms with Gasteiger partial charge in [0.1, 0.15) is 11.6 Å². The number of benzene rings is 2. The summed E-state index contributed by atoms with van der Waals surface area (Å²) < 4.78 is 17.8. The number of non-ortho nitro benzene ring substituents is 1. The minimum Gasteiger partial charge on any atom is -0.496 e. The number of hydrogen-bond donors (Lipinski definition) is 1. The summed E-state index contributed by atoms with van der Waals surface area (Å²) in [7, 11) is 1.47. The fraction of sp³-hybridized carbons (Fsp3) is 0.200. The molecule has 1 N–H and O–H groups in total. The van der Waals surface area contributed by atoms with Crippen LogP contribution in [-0.2, 0) is 13.1 Å². The Hall–Kier alpha value is -2.47. The lowest BCUT2D eigenvalue weighted by Gasteiger charge is -2.07. The molecule has 110 valence electrons. The van der Waals surface area contributed by atoms with E-state index in [1.807, 2.05) is 0 Å². The molecule has 0 fully saturated rings. The van der Waals surface area contributed by atoms with Crippen molar-refractivity contribution in [1.82, 2.24) is 5.32 Å². The van der Waals surface area contributed by atoms with Gasteiger partial charge in [0.15, 0.2) is 0 Å². The van der Waals surface area contributed by atoms with E-state index in [2.05, 4.69) is 5.32 Å². The van der Waals surface area contributed by atoms with Crippen LogP contribution in [0.1, 0.15) is 11.1 Å². The van der Waals surface area contributed by atoms with Crippen LogP contribution in [0.4, 0.5) is 10.1 Å². The highest BCUT2D eigenvalue weighted by molar-refractivity contribution is 5.42. The Balaban J connectivity index is 2.00. The maximum atomic E-state index is 12.8. The van der Waals surface area contributed by atoms with Gasteiger partial charge in [-0.2, -0.15) is 0 Å². The molecular weight excluding hydrogens is 275 g/mol. The fourth-order valence-corrected chi connectivity index (χ4v) is 1.92. The van der Waals surface area contributed by atoms with Gasteiger partial charge in [-0.3, -0.25) is 10.1 Å². The lowest BCUT2D eigenvalue weighted by molar-refractivity contribution is -0.385. The lowest BCUT2D eigenvalue weighted by Crippen LogP contribution is -2.13. The summed E-state index contributed by atoms with van der Waals surface area (Å²) in [5.74, 6) is 0.171. The van der Waals surface area contributed by atoms with E-state index in [-0.39, 0.29) is 11.5 Å². The largest absolute Gasteiger partial charge is 0.496 e. The van der Waals surface area contributed by atoms with E-state index in [0.717, 1.165) is 11.1 Å². The summed E-state index contributed by atoms with van der Waals surface area (Å²) in [5, 5.41) is 14.0. The monoisotopic (exact) mass is 290 g/mol. The second-order valence-corrected chi connectivity index (χ2v) is 4.53. The van der Waals surface area contributed by atoms with Gasteiger partial charge in [-0.05, 0) is 29.3 Å². The van der Waals surface area contributed by atoms with Crippen molar-refractivity contribution >= 4 is 5.69 Å². The molecule has 0 bridgehead atoms. The first kappa shape index (κ1) is 14.9. The molecule has 0 unspecified atom stereocenters. The van der Waals surface area contributed by atoms with Gasteiger partial charge in [0, 0.05) is 19.2 Å². The number of nitrogens with one attached hydrogen (secondary N) is 1. The highest BCUT2D eigenvalue weighted by Gasteiger charge is 2.10. The number of halogens is 1. The first-order chi connectivity index (χ1) is 10.1. The zero-order valence-corrected chi connectivity index (χ0v) is 11.5. The van der Waals surface area contributed by atoms with Crippen molar-refractivity contribution in [2.45, 2.75) is 13.1 Å². The molecule has 0 aliphatic carbocycles. The maximum absolute atomic E-state index is 12.8. The molecule has 0 atom stereocenters. The van der Waals surface area contributed by atoms with Crippen molar-refractivity contribution in [2.24, 2.45) is 0 Å². The molecule has 2 aromatic carbocycles. The number of hydrogen-bond acceptors (Lipinski definition) is 4. The summed E-state index contributed by atoms with van der Waals surface area (Å²) in [6, 6.07) is 10.8. The molecule has 0 spiro atoms. The Morgan fingerprint density at radius 1 is 1.14 bits per heavy atom. The average molecular weight is 290 g/mol. The van der Waals surface area contributed by atoms with Gasteiger partial charge in [0.25, 0.3) is 5.69 Å². The molecule has 0 radical (unpaired) electrons. The molecule has 0 aliphatic heterocycles. The van der Waals surface area contributed by atoms with Crippen molar-refractivity contribution in [1.29, 1.82) is 0 Å².